The summed E-state index contributed by atoms with van der Waals surface area (Å²) < 4.78 is 7.15. The summed E-state index contributed by atoms with van der Waals surface area (Å²) in [6.45, 7) is 0.0438. The molecule has 0 spiro atoms. The van der Waals surface area contributed by atoms with Crippen LogP contribution in [0.1, 0.15) is 0 Å². The SMILES string of the molecule is c1ccc(-c2ccc3c(c2)Oc2cc(N4c5ccccc5[SiH-](c5ccccc5)(c5ccccc5)c5ccccc54)cc4c2B3c2ccc(-c3ccccc3)cc2S4)cc1. The van der Waals surface area contributed by atoms with E-state index in [-0.39, 0.29) is 6.71 Å². The van der Waals surface area contributed by atoms with Crippen molar-refractivity contribution in [2.24, 2.45) is 0 Å². The van der Waals surface area contributed by atoms with Gasteiger partial charge in [0.05, 0.1) is 0 Å². The third kappa shape index (κ3) is 5.28. The van der Waals surface area contributed by atoms with Gasteiger partial charge >= 0.3 is 316 Å². The van der Waals surface area contributed by atoms with Crippen LogP contribution in [0, 0.1) is 0 Å². The molecular weight excluding hydrogens is 750 g/mol. The van der Waals surface area contributed by atoms with E-state index in [4.69, 9.17) is 4.74 Å². The Morgan fingerprint density at radius 1 is 0.407 bits per heavy atom. The molecule has 2 nitrogen and oxygen atoms in total. The van der Waals surface area contributed by atoms with Gasteiger partial charge in [0, 0.05) is 0 Å². The summed E-state index contributed by atoms with van der Waals surface area (Å²) in [5.74, 6) is 1.83. The molecule has 0 saturated heterocycles. The summed E-state index contributed by atoms with van der Waals surface area (Å²) in [4.78, 5) is 5.03. The van der Waals surface area contributed by atoms with Crippen molar-refractivity contribution in [1.82, 2.24) is 0 Å². The summed E-state index contributed by atoms with van der Waals surface area (Å²) in [7, 11) is -3.19. The number of rotatable bonds is 5. The van der Waals surface area contributed by atoms with Crippen LogP contribution in [0.4, 0.5) is 17.1 Å². The maximum absolute atomic E-state index is 7.15. The Kier molecular flexibility index (Phi) is 7.94. The summed E-state index contributed by atoms with van der Waals surface area (Å²) in [6.07, 6.45) is 0. The van der Waals surface area contributed by atoms with Crippen LogP contribution in [0.25, 0.3) is 22.3 Å². The van der Waals surface area contributed by atoms with Gasteiger partial charge in [-0.2, -0.15) is 0 Å². The average Bonchev–Trinajstić information content (AvgIpc) is 3.31. The van der Waals surface area contributed by atoms with Crippen LogP contribution in [0.2, 0.25) is 0 Å². The first-order valence-corrected chi connectivity index (χ1v) is 23.6. The van der Waals surface area contributed by atoms with Crippen molar-refractivity contribution in [2.45, 2.75) is 9.79 Å². The molecular formula is C54H37BNOSSi-. The second kappa shape index (κ2) is 13.7. The minimum Gasteiger partial charge on any atom is -0.0617 e. The summed E-state index contributed by atoms with van der Waals surface area (Å²) >= 11 is 1.87. The third-order valence-electron chi connectivity index (χ3n) is 12.8. The quantitative estimate of drug-likeness (QED) is 0.162. The molecule has 3 aliphatic rings. The Morgan fingerprint density at radius 3 is 1.51 bits per heavy atom. The van der Waals surface area contributed by atoms with E-state index < -0.39 is 8.07 Å². The molecule has 3 aliphatic heterocycles. The number of para-hydroxylation sites is 2. The monoisotopic (exact) mass is 786 g/mol. The fourth-order valence-electron chi connectivity index (χ4n) is 10.3. The van der Waals surface area contributed by atoms with Crippen molar-refractivity contribution in [3.8, 4) is 33.8 Å². The van der Waals surface area contributed by atoms with Gasteiger partial charge in [-0.15, -0.1) is 0 Å². The Bertz CT molecular complexity index is 2860. The minimum atomic E-state index is -3.19. The number of anilines is 3. The Morgan fingerprint density at radius 2 is 0.915 bits per heavy atom. The normalized spacial score (nSPS) is 14.4. The molecule has 0 fully saturated rings. The van der Waals surface area contributed by atoms with Crippen molar-refractivity contribution in [3.63, 3.8) is 0 Å². The fraction of sp³-hybridized carbons (Fsp3) is 0. The van der Waals surface area contributed by atoms with Crippen molar-refractivity contribution in [1.29, 1.82) is 0 Å². The van der Waals surface area contributed by atoms with E-state index in [1.807, 2.05) is 11.8 Å². The van der Waals surface area contributed by atoms with Gasteiger partial charge in [0.1, 0.15) is 0 Å². The van der Waals surface area contributed by atoms with Gasteiger partial charge in [0.15, 0.2) is 0 Å². The molecule has 0 atom stereocenters. The zero-order valence-electron chi connectivity index (χ0n) is 32.2. The second-order valence-electron chi connectivity index (χ2n) is 15.9. The molecule has 12 rings (SSSR count). The van der Waals surface area contributed by atoms with Crippen LogP contribution in [0.3, 0.4) is 0 Å². The van der Waals surface area contributed by atoms with Gasteiger partial charge in [0.25, 0.3) is 0 Å². The number of benzene rings is 9. The van der Waals surface area contributed by atoms with E-state index in [9.17, 15) is 0 Å². The van der Waals surface area contributed by atoms with E-state index in [2.05, 4.69) is 223 Å². The molecule has 0 radical (unpaired) electrons. The zero-order chi connectivity index (χ0) is 38.9. The van der Waals surface area contributed by atoms with Crippen LogP contribution in [0.15, 0.2) is 228 Å². The smallest absolute Gasteiger partial charge is 0.0617 e. The molecule has 0 unspecified atom stereocenters. The van der Waals surface area contributed by atoms with Gasteiger partial charge in [-0.25, -0.2) is 0 Å². The van der Waals surface area contributed by atoms with Gasteiger partial charge < -0.3 is 0 Å². The van der Waals surface area contributed by atoms with Crippen molar-refractivity contribution >= 4 is 80.7 Å². The Balaban J connectivity index is 1.09. The van der Waals surface area contributed by atoms with E-state index in [1.165, 1.54) is 75.0 Å². The molecule has 3 heterocycles. The van der Waals surface area contributed by atoms with E-state index in [1.54, 1.807) is 0 Å². The van der Waals surface area contributed by atoms with E-state index in [0.29, 0.717) is 0 Å². The van der Waals surface area contributed by atoms with E-state index in [0.717, 1.165) is 22.7 Å². The molecule has 59 heavy (non-hydrogen) atoms. The van der Waals surface area contributed by atoms with Crippen molar-refractivity contribution < 1.29 is 4.74 Å². The average molecular weight is 787 g/mol. The Hall–Kier alpha value is -6.79. The molecule has 9 aromatic carbocycles. The van der Waals surface area contributed by atoms with Crippen LogP contribution in [-0.2, 0) is 0 Å². The minimum absolute atomic E-state index is 0.0438. The van der Waals surface area contributed by atoms with Crippen molar-refractivity contribution in [3.05, 3.63) is 218 Å². The molecule has 0 N–H and O–H groups in total. The summed E-state index contributed by atoms with van der Waals surface area (Å²) in [6, 6.07) is 80.8. The zero-order valence-corrected chi connectivity index (χ0v) is 34.2. The number of hydrogen-bond donors (Lipinski definition) is 0. The topological polar surface area (TPSA) is 12.5 Å². The van der Waals surface area contributed by atoms with Crippen LogP contribution in [0.5, 0.6) is 11.5 Å². The summed E-state index contributed by atoms with van der Waals surface area (Å²) in [5.41, 5.74) is 12.1. The first-order valence-electron chi connectivity index (χ1n) is 20.4. The molecule has 9 aromatic rings. The molecule has 278 valence electrons. The summed E-state index contributed by atoms with van der Waals surface area (Å²) in [5, 5.41) is 5.63. The van der Waals surface area contributed by atoms with Gasteiger partial charge in [0.2, 0.25) is 0 Å². The predicted molar refractivity (Wildman–Crippen MR) is 252 cm³/mol. The van der Waals surface area contributed by atoms with Crippen molar-refractivity contribution in [2.75, 3.05) is 4.90 Å². The first kappa shape index (κ1) is 34.3. The van der Waals surface area contributed by atoms with E-state index >= 15 is 0 Å². The Labute approximate surface area is 350 Å². The molecule has 0 saturated carbocycles. The number of nitrogens with zero attached hydrogens (tertiary/aromatic N) is 1. The third-order valence-corrected chi connectivity index (χ3v) is 19.6. The maximum atomic E-state index is 7.15. The van der Waals surface area contributed by atoms with Gasteiger partial charge in [-0.05, 0) is 0 Å². The first-order chi connectivity index (χ1) is 29.3. The van der Waals surface area contributed by atoms with Crippen LogP contribution in [-0.4, -0.2) is 14.8 Å². The molecule has 0 amide bonds. The molecule has 5 heteroatoms. The van der Waals surface area contributed by atoms with Gasteiger partial charge in [-0.1, -0.05) is 36.4 Å². The number of fused-ring (bicyclic) bond motifs is 6. The predicted octanol–water partition coefficient (Wildman–Crippen LogP) is 9.00. The number of ether oxygens (including phenoxy) is 1. The molecule has 0 aliphatic carbocycles. The van der Waals surface area contributed by atoms with Crippen LogP contribution < -0.4 is 46.8 Å². The number of hydrogen-bond acceptors (Lipinski definition) is 3. The van der Waals surface area contributed by atoms with Gasteiger partial charge in [-0.3, -0.25) is 0 Å². The molecule has 0 bridgehead atoms. The fourth-order valence-corrected chi connectivity index (χ4v) is 17.4. The second-order valence-corrected chi connectivity index (χ2v) is 21.3. The van der Waals surface area contributed by atoms with Crippen LogP contribution >= 0.6 is 11.8 Å². The molecule has 0 aromatic heterocycles. The standard InChI is InChI=1S/C54H37BNOSSi/c1-5-17-37(18-6-1)39-29-31-44-48(33-39)57-49-35-41(36-51-54(49)55(44)45-32-30-40(34-50(45)58-51)38-19-7-2-8-20-38)56-46-25-13-15-27-52(46)59(42-21-9-3-10-22-42,43-23-11-4-12-24-43)53-28-16-14-26-47(53)56/h1-36,59H/q-1.